The Bertz CT molecular complexity index is 1560. The number of anilines is 2. The Hall–Kier alpha value is -3.52. The lowest BCUT2D eigenvalue weighted by Crippen LogP contribution is -2.23. The summed E-state index contributed by atoms with van der Waals surface area (Å²) in [6.07, 6.45) is 29.6. The van der Waals surface area contributed by atoms with Crippen molar-refractivity contribution < 1.29 is 0 Å². The monoisotopic (exact) mass is 741 g/mol. The molecule has 0 heterocycles. The number of hydrogen-bond donors (Lipinski definition) is 2. The maximum Gasteiger partial charge on any atom is 0.0419 e. The Kier molecular flexibility index (Phi) is 18.2. The minimum atomic E-state index is 0.00737. The standard InChI is InChI=1S/C53H76N2/c1-5-9-11-13-15-17-19-21-23-29-39-54-51-33-27-25-31-45(51)43-35-37-47-48-38-36-44(42-50(48)53(7-3,8-4)49(47)41-43)46-32-26-28-34-52(46)55-40-30-24-22-20-18-16-14-12-10-6-2/h25-28,31-38,41-42,54-55H,5-24,29-30,39-40H2,1-4H3. The van der Waals surface area contributed by atoms with Gasteiger partial charge in [0.15, 0.2) is 0 Å². The molecule has 298 valence electrons. The van der Waals surface area contributed by atoms with Crippen LogP contribution < -0.4 is 10.6 Å². The first-order valence-electron chi connectivity index (χ1n) is 23.1. The van der Waals surface area contributed by atoms with E-state index in [-0.39, 0.29) is 5.41 Å². The fourth-order valence-electron chi connectivity index (χ4n) is 9.29. The van der Waals surface area contributed by atoms with Crippen LogP contribution in [0.2, 0.25) is 0 Å². The van der Waals surface area contributed by atoms with Crippen molar-refractivity contribution in [3.63, 3.8) is 0 Å². The van der Waals surface area contributed by atoms with Gasteiger partial charge >= 0.3 is 0 Å². The first-order valence-corrected chi connectivity index (χ1v) is 23.1. The summed E-state index contributed by atoms with van der Waals surface area (Å²) in [4.78, 5) is 0. The SMILES string of the molecule is CCCCCCCCCCCCNc1ccccc1-c1ccc2c(c1)C(CC)(CC)c1cc(-c3ccccc3NCCCCCCCCCCCC)ccc1-2. The van der Waals surface area contributed by atoms with Crippen LogP contribution >= 0.6 is 0 Å². The van der Waals surface area contributed by atoms with Crippen LogP contribution in [0.5, 0.6) is 0 Å². The highest BCUT2D eigenvalue weighted by Crippen LogP contribution is 2.54. The lowest BCUT2D eigenvalue weighted by molar-refractivity contribution is 0.491. The molecule has 0 saturated heterocycles. The third-order valence-electron chi connectivity index (χ3n) is 12.7. The summed E-state index contributed by atoms with van der Waals surface area (Å²) < 4.78 is 0. The van der Waals surface area contributed by atoms with Crippen molar-refractivity contribution in [3.05, 3.63) is 96.1 Å². The van der Waals surface area contributed by atoms with Gasteiger partial charge in [-0.3, -0.25) is 0 Å². The minimum Gasteiger partial charge on any atom is -0.385 e. The molecule has 0 aliphatic heterocycles. The van der Waals surface area contributed by atoms with Crippen LogP contribution in [-0.2, 0) is 5.41 Å². The highest BCUT2D eigenvalue weighted by atomic mass is 14.9. The Morgan fingerprint density at radius 1 is 0.364 bits per heavy atom. The normalized spacial score (nSPS) is 12.8. The molecule has 0 amide bonds. The minimum absolute atomic E-state index is 0.00737. The molecule has 1 aliphatic rings. The topological polar surface area (TPSA) is 24.1 Å². The maximum absolute atomic E-state index is 3.83. The van der Waals surface area contributed by atoms with E-state index in [1.807, 2.05) is 0 Å². The zero-order chi connectivity index (χ0) is 38.6. The van der Waals surface area contributed by atoms with E-state index in [4.69, 9.17) is 0 Å². The van der Waals surface area contributed by atoms with Crippen molar-refractivity contribution in [1.29, 1.82) is 0 Å². The number of benzene rings is 4. The maximum atomic E-state index is 3.83. The Morgan fingerprint density at radius 2 is 0.709 bits per heavy atom. The van der Waals surface area contributed by atoms with Crippen LogP contribution in [0.1, 0.15) is 180 Å². The van der Waals surface area contributed by atoms with Crippen LogP contribution in [0.4, 0.5) is 11.4 Å². The molecular formula is C53H76N2. The predicted octanol–water partition coefficient (Wildman–Crippen LogP) is 16.8. The third kappa shape index (κ3) is 11.8. The van der Waals surface area contributed by atoms with Crippen molar-refractivity contribution in [2.24, 2.45) is 0 Å². The Labute approximate surface area is 337 Å². The van der Waals surface area contributed by atoms with Gasteiger partial charge in [0.2, 0.25) is 0 Å². The van der Waals surface area contributed by atoms with E-state index in [0.29, 0.717) is 0 Å². The lowest BCUT2D eigenvalue weighted by atomic mass is 9.73. The molecule has 0 unspecified atom stereocenters. The average molecular weight is 741 g/mol. The van der Waals surface area contributed by atoms with Gasteiger partial charge in [-0.1, -0.05) is 204 Å². The molecule has 0 bridgehead atoms. The van der Waals surface area contributed by atoms with Gasteiger partial charge in [-0.05, 0) is 83.3 Å². The Balaban J connectivity index is 1.21. The van der Waals surface area contributed by atoms with E-state index in [9.17, 15) is 0 Å². The van der Waals surface area contributed by atoms with Crippen molar-refractivity contribution in [2.45, 2.75) is 174 Å². The molecule has 0 aromatic heterocycles. The smallest absolute Gasteiger partial charge is 0.0419 e. The van der Waals surface area contributed by atoms with Crippen LogP contribution in [0.25, 0.3) is 33.4 Å². The number of hydrogen-bond acceptors (Lipinski definition) is 2. The molecule has 0 spiro atoms. The molecule has 0 saturated carbocycles. The molecule has 0 radical (unpaired) electrons. The van der Waals surface area contributed by atoms with E-state index in [0.717, 1.165) is 25.9 Å². The molecule has 2 N–H and O–H groups in total. The summed E-state index contributed by atoms with van der Waals surface area (Å²) in [5.74, 6) is 0. The molecule has 1 aliphatic carbocycles. The molecular weight excluding hydrogens is 665 g/mol. The van der Waals surface area contributed by atoms with Gasteiger partial charge in [0.25, 0.3) is 0 Å². The highest BCUT2D eigenvalue weighted by Gasteiger charge is 2.41. The van der Waals surface area contributed by atoms with Crippen molar-refractivity contribution in [3.8, 4) is 33.4 Å². The first kappa shape index (κ1) is 42.6. The summed E-state index contributed by atoms with van der Waals surface area (Å²) in [7, 11) is 0. The lowest BCUT2D eigenvalue weighted by Gasteiger charge is -2.30. The quantitative estimate of drug-likeness (QED) is 0.0567. The van der Waals surface area contributed by atoms with E-state index < -0.39 is 0 Å². The van der Waals surface area contributed by atoms with Crippen LogP contribution in [0.15, 0.2) is 84.9 Å². The molecule has 0 fully saturated rings. The second kappa shape index (κ2) is 23.5. The Morgan fingerprint density at radius 3 is 1.07 bits per heavy atom. The molecule has 4 aromatic rings. The zero-order valence-corrected chi connectivity index (χ0v) is 35.6. The van der Waals surface area contributed by atoms with Gasteiger partial charge < -0.3 is 10.6 Å². The van der Waals surface area contributed by atoms with Crippen molar-refractivity contribution in [2.75, 3.05) is 23.7 Å². The molecule has 0 atom stereocenters. The van der Waals surface area contributed by atoms with E-state index in [2.05, 4.69) is 123 Å². The van der Waals surface area contributed by atoms with Gasteiger partial charge in [-0.15, -0.1) is 0 Å². The highest BCUT2D eigenvalue weighted by molar-refractivity contribution is 5.89. The fourth-order valence-corrected chi connectivity index (χ4v) is 9.29. The summed E-state index contributed by atoms with van der Waals surface area (Å²) in [5, 5.41) is 7.67. The molecule has 2 nitrogen and oxygen atoms in total. The molecule has 2 heteroatoms. The first-order chi connectivity index (χ1) is 27.2. The number of fused-ring (bicyclic) bond motifs is 3. The summed E-state index contributed by atoms with van der Waals surface area (Å²) in [5.41, 5.74) is 13.6. The molecule has 55 heavy (non-hydrogen) atoms. The summed E-state index contributed by atoms with van der Waals surface area (Å²) >= 11 is 0. The predicted molar refractivity (Wildman–Crippen MR) is 245 cm³/mol. The van der Waals surface area contributed by atoms with E-state index >= 15 is 0 Å². The van der Waals surface area contributed by atoms with Crippen molar-refractivity contribution in [1.82, 2.24) is 0 Å². The van der Waals surface area contributed by atoms with Crippen molar-refractivity contribution >= 4 is 11.4 Å². The molecule has 5 rings (SSSR count). The largest absolute Gasteiger partial charge is 0.385 e. The van der Waals surface area contributed by atoms with Gasteiger partial charge in [0.1, 0.15) is 0 Å². The van der Waals surface area contributed by atoms with Gasteiger partial charge in [0.05, 0.1) is 0 Å². The fraction of sp³-hybridized carbons (Fsp3) is 0.547. The second-order valence-corrected chi connectivity index (χ2v) is 16.6. The van der Waals surface area contributed by atoms with Crippen LogP contribution in [-0.4, -0.2) is 13.1 Å². The van der Waals surface area contributed by atoms with Crippen LogP contribution in [0.3, 0.4) is 0 Å². The summed E-state index contributed by atoms with van der Waals surface area (Å²) in [6.45, 7) is 11.5. The van der Waals surface area contributed by atoms with E-state index in [1.165, 1.54) is 184 Å². The summed E-state index contributed by atoms with van der Waals surface area (Å²) in [6, 6.07) is 32.5. The average Bonchev–Trinajstić information content (AvgIpc) is 3.50. The molecule has 4 aromatic carbocycles. The third-order valence-corrected chi connectivity index (χ3v) is 12.7. The number of para-hydroxylation sites is 2. The number of nitrogens with one attached hydrogen (secondary N) is 2. The number of unbranched alkanes of at least 4 members (excludes halogenated alkanes) is 18. The number of rotatable bonds is 28. The van der Waals surface area contributed by atoms with E-state index in [1.54, 1.807) is 0 Å². The zero-order valence-electron chi connectivity index (χ0n) is 35.6. The van der Waals surface area contributed by atoms with Gasteiger partial charge in [-0.25, -0.2) is 0 Å². The van der Waals surface area contributed by atoms with Gasteiger partial charge in [-0.2, -0.15) is 0 Å². The van der Waals surface area contributed by atoms with Crippen LogP contribution in [0, 0.1) is 0 Å². The van der Waals surface area contributed by atoms with Gasteiger partial charge in [0, 0.05) is 41.0 Å². The second-order valence-electron chi connectivity index (χ2n) is 16.6.